The predicted molar refractivity (Wildman–Crippen MR) is 57.1 cm³/mol. The number of rotatable bonds is 3. The standard InChI is InChI=1S/C11H15FN2O/c1-7-4-3-5-9(10(7)12)11(15)14-6-8(2)13/h3-5,8H,6,13H2,1-2H3,(H,14,15). The molecule has 0 saturated carbocycles. The summed E-state index contributed by atoms with van der Waals surface area (Å²) in [6, 6.07) is 4.59. The van der Waals surface area contributed by atoms with E-state index in [9.17, 15) is 9.18 Å². The van der Waals surface area contributed by atoms with Crippen LogP contribution in [0.25, 0.3) is 0 Å². The van der Waals surface area contributed by atoms with Crippen molar-refractivity contribution in [3.8, 4) is 0 Å². The average molecular weight is 210 g/mol. The summed E-state index contributed by atoms with van der Waals surface area (Å²) >= 11 is 0. The molecule has 1 unspecified atom stereocenters. The molecule has 0 radical (unpaired) electrons. The minimum absolute atomic E-state index is 0.0654. The predicted octanol–water partition coefficient (Wildman–Crippen LogP) is 1.21. The first-order valence-corrected chi connectivity index (χ1v) is 4.81. The van der Waals surface area contributed by atoms with Crippen LogP contribution in [-0.4, -0.2) is 18.5 Å². The van der Waals surface area contributed by atoms with E-state index in [4.69, 9.17) is 5.73 Å². The van der Waals surface area contributed by atoms with Gasteiger partial charge in [0.05, 0.1) is 5.56 Å². The topological polar surface area (TPSA) is 55.1 Å². The van der Waals surface area contributed by atoms with Crippen molar-refractivity contribution in [1.29, 1.82) is 0 Å². The Morgan fingerprint density at radius 3 is 2.87 bits per heavy atom. The Morgan fingerprint density at radius 2 is 2.27 bits per heavy atom. The molecule has 15 heavy (non-hydrogen) atoms. The van der Waals surface area contributed by atoms with Gasteiger partial charge < -0.3 is 11.1 Å². The average Bonchev–Trinajstić information content (AvgIpc) is 2.18. The van der Waals surface area contributed by atoms with Crippen molar-refractivity contribution in [2.24, 2.45) is 5.73 Å². The van der Waals surface area contributed by atoms with Crippen molar-refractivity contribution < 1.29 is 9.18 Å². The smallest absolute Gasteiger partial charge is 0.254 e. The Labute approximate surface area is 88.5 Å². The van der Waals surface area contributed by atoms with Gasteiger partial charge in [-0.25, -0.2) is 4.39 Å². The van der Waals surface area contributed by atoms with E-state index < -0.39 is 11.7 Å². The Bertz CT molecular complexity index is 364. The van der Waals surface area contributed by atoms with Crippen molar-refractivity contribution >= 4 is 5.91 Å². The number of hydrogen-bond donors (Lipinski definition) is 2. The fraction of sp³-hybridized carbons (Fsp3) is 0.364. The lowest BCUT2D eigenvalue weighted by molar-refractivity contribution is 0.0947. The molecule has 0 saturated heterocycles. The van der Waals surface area contributed by atoms with Crippen LogP contribution >= 0.6 is 0 Å². The summed E-state index contributed by atoms with van der Waals surface area (Å²) in [6.45, 7) is 3.73. The lowest BCUT2D eigenvalue weighted by Gasteiger charge is -2.09. The first-order chi connectivity index (χ1) is 7.02. The van der Waals surface area contributed by atoms with Crippen LogP contribution in [0.1, 0.15) is 22.8 Å². The molecule has 0 spiro atoms. The van der Waals surface area contributed by atoms with Crippen molar-refractivity contribution in [3.63, 3.8) is 0 Å². The molecule has 1 atom stereocenters. The van der Waals surface area contributed by atoms with E-state index in [2.05, 4.69) is 5.32 Å². The van der Waals surface area contributed by atoms with Gasteiger partial charge in [-0.05, 0) is 25.5 Å². The number of hydrogen-bond acceptors (Lipinski definition) is 2. The highest BCUT2D eigenvalue weighted by Crippen LogP contribution is 2.11. The number of carbonyl (C=O) groups is 1. The van der Waals surface area contributed by atoms with Crippen LogP contribution in [0.2, 0.25) is 0 Å². The molecule has 1 aromatic rings. The largest absolute Gasteiger partial charge is 0.350 e. The Balaban J connectivity index is 2.78. The number of halogens is 1. The second-order valence-corrected chi connectivity index (χ2v) is 3.62. The molecule has 0 aromatic heterocycles. The summed E-state index contributed by atoms with van der Waals surface area (Å²) in [6.07, 6.45) is 0. The summed E-state index contributed by atoms with van der Waals surface area (Å²) in [5.41, 5.74) is 6.01. The highest BCUT2D eigenvalue weighted by Gasteiger charge is 2.12. The van der Waals surface area contributed by atoms with E-state index in [1.165, 1.54) is 6.07 Å². The fourth-order valence-corrected chi connectivity index (χ4v) is 1.17. The molecule has 0 aliphatic heterocycles. The third-order valence-electron chi connectivity index (χ3n) is 2.02. The van der Waals surface area contributed by atoms with E-state index in [1.54, 1.807) is 26.0 Å². The lowest BCUT2D eigenvalue weighted by atomic mass is 10.1. The number of amides is 1. The van der Waals surface area contributed by atoms with Crippen LogP contribution in [0.4, 0.5) is 4.39 Å². The molecular formula is C11H15FN2O. The molecule has 1 rings (SSSR count). The van der Waals surface area contributed by atoms with Crippen LogP contribution < -0.4 is 11.1 Å². The summed E-state index contributed by atoms with van der Waals surface area (Å²) in [7, 11) is 0. The van der Waals surface area contributed by atoms with Gasteiger partial charge in [0.25, 0.3) is 5.91 Å². The van der Waals surface area contributed by atoms with Crippen LogP contribution in [0.15, 0.2) is 18.2 Å². The Kier molecular flexibility index (Phi) is 3.80. The molecule has 1 aromatic carbocycles. The van der Waals surface area contributed by atoms with E-state index in [-0.39, 0.29) is 11.6 Å². The maximum Gasteiger partial charge on any atom is 0.254 e. The van der Waals surface area contributed by atoms with Gasteiger partial charge in [0, 0.05) is 12.6 Å². The van der Waals surface area contributed by atoms with Crippen LogP contribution in [-0.2, 0) is 0 Å². The van der Waals surface area contributed by atoms with Gasteiger partial charge >= 0.3 is 0 Å². The summed E-state index contributed by atoms with van der Waals surface area (Å²) in [4.78, 5) is 11.5. The minimum Gasteiger partial charge on any atom is -0.350 e. The molecule has 0 fully saturated rings. The van der Waals surface area contributed by atoms with Gasteiger partial charge in [-0.15, -0.1) is 0 Å². The van der Waals surface area contributed by atoms with E-state index in [0.717, 1.165) is 0 Å². The van der Waals surface area contributed by atoms with Crippen LogP contribution in [0, 0.1) is 12.7 Å². The van der Waals surface area contributed by atoms with Gasteiger partial charge in [0.15, 0.2) is 0 Å². The zero-order chi connectivity index (χ0) is 11.4. The van der Waals surface area contributed by atoms with Gasteiger partial charge in [0.1, 0.15) is 5.82 Å². The number of nitrogens with two attached hydrogens (primary N) is 1. The zero-order valence-electron chi connectivity index (χ0n) is 8.88. The molecule has 0 bridgehead atoms. The third-order valence-corrected chi connectivity index (χ3v) is 2.02. The van der Waals surface area contributed by atoms with Gasteiger partial charge in [0.2, 0.25) is 0 Å². The van der Waals surface area contributed by atoms with Crippen molar-refractivity contribution in [3.05, 3.63) is 35.1 Å². The van der Waals surface area contributed by atoms with E-state index in [0.29, 0.717) is 12.1 Å². The summed E-state index contributed by atoms with van der Waals surface area (Å²) in [5.74, 6) is -0.895. The summed E-state index contributed by atoms with van der Waals surface area (Å²) < 4.78 is 13.5. The SMILES string of the molecule is Cc1cccc(C(=O)NCC(C)N)c1F. The number of benzene rings is 1. The Hall–Kier alpha value is -1.42. The first-order valence-electron chi connectivity index (χ1n) is 4.81. The van der Waals surface area contributed by atoms with Gasteiger partial charge in [-0.1, -0.05) is 12.1 Å². The molecule has 0 heterocycles. The van der Waals surface area contributed by atoms with Gasteiger partial charge in [-0.3, -0.25) is 4.79 Å². The van der Waals surface area contributed by atoms with Crippen molar-refractivity contribution in [2.75, 3.05) is 6.54 Å². The van der Waals surface area contributed by atoms with E-state index in [1.807, 2.05) is 0 Å². The second kappa shape index (κ2) is 4.89. The summed E-state index contributed by atoms with van der Waals surface area (Å²) in [5, 5.41) is 2.56. The molecule has 1 amide bonds. The zero-order valence-corrected chi connectivity index (χ0v) is 8.88. The monoisotopic (exact) mass is 210 g/mol. The molecule has 3 N–H and O–H groups in total. The van der Waals surface area contributed by atoms with Crippen LogP contribution in [0.3, 0.4) is 0 Å². The fourth-order valence-electron chi connectivity index (χ4n) is 1.17. The molecule has 3 nitrogen and oxygen atoms in total. The second-order valence-electron chi connectivity index (χ2n) is 3.62. The number of aryl methyl sites for hydroxylation is 1. The van der Waals surface area contributed by atoms with E-state index >= 15 is 0 Å². The molecule has 0 aliphatic rings. The van der Waals surface area contributed by atoms with Gasteiger partial charge in [-0.2, -0.15) is 0 Å². The first kappa shape index (κ1) is 11.7. The number of carbonyl (C=O) groups excluding carboxylic acids is 1. The quantitative estimate of drug-likeness (QED) is 0.788. The van der Waals surface area contributed by atoms with Crippen molar-refractivity contribution in [1.82, 2.24) is 5.32 Å². The van der Waals surface area contributed by atoms with Crippen LogP contribution in [0.5, 0.6) is 0 Å². The molecule has 0 aliphatic carbocycles. The maximum atomic E-state index is 13.5. The lowest BCUT2D eigenvalue weighted by Crippen LogP contribution is -2.35. The highest BCUT2D eigenvalue weighted by atomic mass is 19.1. The normalized spacial score (nSPS) is 12.3. The number of nitrogens with one attached hydrogen (secondary N) is 1. The molecular weight excluding hydrogens is 195 g/mol. The maximum absolute atomic E-state index is 13.5. The molecule has 82 valence electrons. The Morgan fingerprint density at radius 1 is 1.60 bits per heavy atom. The minimum atomic E-state index is -0.473. The van der Waals surface area contributed by atoms with Crippen molar-refractivity contribution in [2.45, 2.75) is 19.9 Å². The third kappa shape index (κ3) is 3.02. The highest BCUT2D eigenvalue weighted by molar-refractivity contribution is 5.94. The molecule has 4 heteroatoms.